The van der Waals surface area contributed by atoms with Gasteiger partial charge in [0.15, 0.2) is 5.13 Å². The van der Waals surface area contributed by atoms with Crippen molar-refractivity contribution in [3.05, 3.63) is 74.6 Å². The number of nitro benzene ring substituents is 1. The SMILES string of the molecule is COC(=O)c1cc(C(=O)Nc2nc(-c3ccc(C)cc3)cs2)cc([N+](=O)[O-])c1. The van der Waals surface area contributed by atoms with Crippen molar-refractivity contribution in [2.24, 2.45) is 0 Å². The summed E-state index contributed by atoms with van der Waals surface area (Å²) in [5.74, 6) is -1.38. The molecule has 0 radical (unpaired) electrons. The minimum atomic E-state index is -0.770. The quantitative estimate of drug-likeness (QED) is 0.395. The molecule has 1 heterocycles. The molecular formula is C19H15N3O5S. The number of aryl methyl sites for hydroxylation is 1. The van der Waals surface area contributed by atoms with E-state index in [0.717, 1.165) is 30.4 Å². The molecule has 2 aromatic carbocycles. The molecule has 3 rings (SSSR count). The van der Waals surface area contributed by atoms with E-state index in [4.69, 9.17) is 0 Å². The van der Waals surface area contributed by atoms with Gasteiger partial charge in [-0.05, 0) is 13.0 Å². The van der Waals surface area contributed by atoms with E-state index in [1.165, 1.54) is 17.4 Å². The van der Waals surface area contributed by atoms with Gasteiger partial charge in [-0.1, -0.05) is 29.8 Å². The highest BCUT2D eigenvalue weighted by molar-refractivity contribution is 7.14. The van der Waals surface area contributed by atoms with Crippen LogP contribution in [0.2, 0.25) is 0 Å². The number of esters is 1. The van der Waals surface area contributed by atoms with E-state index in [1.54, 1.807) is 5.38 Å². The number of hydrogen-bond acceptors (Lipinski definition) is 7. The van der Waals surface area contributed by atoms with Crippen LogP contribution in [-0.2, 0) is 4.74 Å². The lowest BCUT2D eigenvalue weighted by atomic mass is 10.1. The van der Waals surface area contributed by atoms with Crippen LogP contribution in [0, 0.1) is 17.0 Å². The predicted molar refractivity (Wildman–Crippen MR) is 105 cm³/mol. The average Bonchev–Trinajstić information content (AvgIpc) is 3.15. The standard InChI is InChI=1S/C19H15N3O5S/c1-11-3-5-12(6-4-11)16-10-28-19(20-16)21-17(23)13-7-14(18(24)27-2)9-15(8-13)22(25)26/h3-10H,1-2H3,(H,20,21,23). The summed E-state index contributed by atoms with van der Waals surface area (Å²) in [6.07, 6.45) is 0. The number of anilines is 1. The molecule has 0 saturated heterocycles. The summed E-state index contributed by atoms with van der Waals surface area (Å²) >= 11 is 1.23. The van der Waals surface area contributed by atoms with Gasteiger partial charge in [-0.25, -0.2) is 9.78 Å². The maximum absolute atomic E-state index is 12.5. The molecule has 0 aliphatic rings. The highest BCUT2D eigenvalue weighted by Gasteiger charge is 2.19. The molecule has 0 spiro atoms. The Hall–Kier alpha value is -3.59. The lowest BCUT2D eigenvalue weighted by Crippen LogP contribution is -2.13. The third-order valence-electron chi connectivity index (χ3n) is 3.88. The molecule has 0 atom stereocenters. The summed E-state index contributed by atoms with van der Waals surface area (Å²) in [4.78, 5) is 39.0. The number of ether oxygens (including phenoxy) is 1. The molecule has 1 N–H and O–H groups in total. The van der Waals surface area contributed by atoms with Crippen molar-refractivity contribution in [3.63, 3.8) is 0 Å². The molecule has 0 aliphatic heterocycles. The molecule has 0 bridgehead atoms. The number of rotatable bonds is 5. The number of nitrogens with zero attached hydrogens (tertiary/aromatic N) is 2. The first-order chi connectivity index (χ1) is 13.4. The van der Waals surface area contributed by atoms with Crippen molar-refractivity contribution in [1.82, 2.24) is 4.98 Å². The minimum absolute atomic E-state index is 0.0401. The van der Waals surface area contributed by atoms with Gasteiger partial charge in [-0.15, -0.1) is 11.3 Å². The molecule has 1 aromatic heterocycles. The van der Waals surface area contributed by atoms with E-state index in [0.29, 0.717) is 10.8 Å². The number of amides is 1. The minimum Gasteiger partial charge on any atom is -0.465 e. The zero-order valence-electron chi connectivity index (χ0n) is 15.0. The Morgan fingerprint density at radius 3 is 2.46 bits per heavy atom. The molecule has 142 valence electrons. The van der Waals surface area contributed by atoms with Crippen molar-refractivity contribution in [3.8, 4) is 11.3 Å². The maximum atomic E-state index is 12.5. The summed E-state index contributed by atoms with van der Waals surface area (Å²) in [6, 6.07) is 11.2. The normalized spacial score (nSPS) is 10.4. The molecule has 28 heavy (non-hydrogen) atoms. The Labute approximate surface area is 164 Å². The van der Waals surface area contributed by atoms with Crippen LogP contribution in [0.1, 0.15) is 26.3 Å². The Morgan fingerprint density at radius 1 is 1.14 bits per heavy atom. The van der Waals surface area contributed by atoms with Crippen LogP contribution < -0.4 is 5.32 Å². The smallest absolute Gasteiger partial charge is 0.338 e. The van der Waals surface area contributed by atoms with Gasteiger partial charge < -0.3 is 4.74 Å². The molecule has 1 amide bonds. The van der Waals surface area contributed by atoms with Crippen LogP contribution in [0.5, 0.6) is 0 Å². The fraction of sp³-hybridized carbons (Fsp3) is 0.105. The number of carbonyl (C=O) groups excluding carboxylic acids is 2. The first kappa shape index (κ1) is 19.2. The first-order valence-corrected chi connectivity index (χ1v) is 8.97. The van der Waals surface area contributed by atoms with Crippen molar-refractivity contribution < 1.29 is 19.2 Å². The van der Waals surface area contributed by atoms with Crippen LogP contribution in [0.3, 0.4) is 0 Å². The number of thiazole rings is 1. The monoisotopic (exact) mass is 397 g/mol. The number of non-ortho nitro benzene ring substituents is 1. The Kier molecular flexibility index (Phi) is 5.46. The van der Waals surface area contributed by atoms with Crippen LogP contribution in [0.25, 0.3) is 11.3 Å². The second-order valence-electron chi connectivity index (χ2n) is 5.88. The molecule has 0 aliphatic carbocycles. The van der Waals surface area contributed by atoms with Gasteiger partial charge in [0, 0.05) is 28.6 Å². The number of hydrogen-bond donors (Lipinski definition) is 1. The van der Waals surface area contributed by atoms with E-state index in [9.17, 15) is 19.7 Å². The first-order valence-electron chi connectivity index (χ1n) is 8.09. The number of methoxy groups -OCH3 is 1. The molecule has 9 heteroatoms. The second kappa shape index (κ2) is 7.97. The van der Waals surface area contributed by atoms with Crippen LogP contribution in [-0.4, -0.2) is 28.9 Å². The number of benzene rings is 2. The average molecular weight is 397 g/mol. The third kappa shape index (κ3) is 4.21. The molecule has 0 unspecified atom stereocenters. The number of nitro groups is 1. The summed E-state index contributed by atoms with van der Waals surface area (Å²) in [5.41, 5.74) is 2.23. The van der Waals surface area contributed by atoms with Gasteiger partial charge >= 0.3 is 5.97 Å². The van der Waals surface area contributed by atoms with Crippen LogP contribution >= 0.6 is 11.3 Å². The van der Waals surface area contributed by atoms with E-state index >= 15 is 0 Å². The topological polar surface area (TPSA) is 111 Å². The summed E-state index contributed by atoms with van der Waals surface area (Å²) in [6.45, 7) is 1.98. The van der Waals surface area contributed by atoms with Crippen molar-refractivity contribution in [1.29, 1.82) is 0 Å². The molecule has 0 fully saturated rings. The number of carbonyl (C=O) groups is 2. The Morgan fingerprint density at radius 2 is 1.82 bits per heavy atom. The summed E-state index contributed by atoms with van der Waals surface area (Å²) in [7, 11) is 1.16. The number of aromatic nitrogens is 1. The van der Waals surface area contributed by atoms with Gasteiger partial charge in [0.1, 0.15) is 0 Å². The fourth-order valence-corrected chi connectivity index (χ4v) is 3.16. The molecular weight excluding hydrogens is 382 g/mol. The van der Waals surface area contributed by atoms with Gasteiger partial charge in [0.05, 0.1) is 23.3 Å². The van der Waals surface area contributed by atoms with Crippen LogP contribution in [0.15, 0.2) is 47.8 Å². The molecule has 3 aromatic rings. The van der Waals surface area contributed by atoms with Crippen molar-refractivity contribution >= 4 is 34.0 Å². The lowest BCUT2D eigenvalue weighted by molar-refractivity contribution is -0.384. The lowest BCUT2D eigenvalue weighted by Gasteiger charge is -2.05. The number of nitrogens with one attached hydrogen (secondary N) is 1. The van der Waals surface area contributed by atoms with E-state index in [1.807, 2.05) is 31.2 Å². The van der Waals surface area contributed by atoms with Gasteiger partial charge in [-0.3, -0.25) is 20.2 Å². The highest BCUT2D eigenvalue weighted by Crippen LogP contribution is 2.26. The molecule has 8 nitrogen and oxygen atoms in total. The summed E-state index contributed by atoms with van der Waals surface area (Å²) < 4.78 is 4.58. The maximum Gasteiger partial charge on any atom is 0.338 e. The van der Waals surface area contributed by atoms with E-state index < -0.39 is 16.8 Å². The van der Waals surface area contributed by atoms with Gasteiger partial charge in [0.2, 0.25) is 0 Å². The predicted octanol–water partition coefficient (Wildman–Crippen LogP) is 4.07. The van der Waals surface area contributed by atoms with E-state index in [2.05, 4.69) is 15.0 Å². The van der Waals surface area contributed by atoms with E-state index in [-0.39, 0.29) is 16.8 Å². The second-order valence-corrected chi connectivity index (χ2v) is 6.73. The van der Waals surface area contributed by atoms with Crippen molar-refractivity contribution in [2.45, 2.75) is 6.92 Å². The van der Waals surface area contributed by atoms with Gasteiger partial charge in [-0.2, -0.15) is 0 Å². The zero-order valence-corrected chi connectivity index (χ0v) is 15.8. The van der Waals surface area contributed by atoms with Crippen molar-refractivity contribution in [2.75, 3.05) is 12.4 Å². The summed E-state index contributed by atoms with van der Waals surface area (Å²) in [5, 5.41) is 15.8. The Balaban J connectivity index is 1.85. The zero-order chi connectivity index (χ0) is 20.3. The fourth-order valence-electron chi connectivity index (χ4n) is 2.44. The Bertz CT molecular complexity index is 1060. The third-order valence-corrected chi connectivity index (χ3v) is 4.64. The largest absolute Gasteiger partial charge is 0.465 e. The highest BCUT2D eigenvalue weighted by atomic mass is 32.1. The van der Waals surface area contributed by atoms with Gasteiger partial charge in [0.25, 0.3) is 11.6 Å². The molecule has 0 saturated carbocycles. The van der Waals surface area contributed by atoms with Crippen LogP contribution in [0.4, 0.5) is 10.8 Å².